The number of amidine groups is 1. The molecule has 0 fully saturated rings. The summed E-state index contributed by atoms with van der Waals surface area (Å²) in [6.07, 6.45) is 4.55. The molecule has 2 heteroatoms. The first-order valence-corrected chi connectivity index (χ1v) is 9.87. The average Bonchev–Trinajstić information content (AvgIpc) is 2.71. The second kappa shape index (κ2) is 9.72. The van der Waals surface area contributed by atoms with Crippen LogP contribution < -0.4 is 5.32 Å². The van der Waals surface area contributed by atoms with Gasteiger partial charge in [-0.1, -0.05) is 81.3 Å². The van der Waals surface area contributed by atoms with Crippen molar-refractivity contribution in [1.82, 2.24) is 0 Å². The Morgan fingerprint density at radius 3 is 1.81 bits per heavy atom. The standard InChI is InChI=1S/C25H28N2/c1-3-8-20-12-16-23(17-13-20)26-25(22-10-6-5-7-11-22)27-24-18-14-21(9-4-2)15-19-24/h5-7,10-19H,3-4,8-9H2,1-2H3,(H,26,27). The molecule has 0 amide bonds. The van der Waals surface area contributed by atoms with Gasteiger partial charge < -0.3 is 5.32 Å². The van der Waals surface area contributed by atoms with E-state index in [1.807, 2.05) is 18.2 Å². The Labute approximate surface area is 163 Å². The van der Waals surface area contributed by atoms with Crippen LogP contribution in [0.25, 0.3) is 0 Å². The van der Waals surface area contributed by atoms with Gasteiger partial charge in [-0.15, -0.1) is 0 Å². The highest BCUT2D eigenvalue weighted by molar-refractivity contribution is 6.09. The number of aliphatic imine (C=N–C) groups is 1. The van der Waals surface area contributed by atoms with Crippen LogP contribution in [-0.4, -0.2) is 5.84 Å². The molecule has 3 aromatic carbocycles. The number of anilines is 1. The zero-order chi connectivity index (χ0) is 18.9. The average molecular weight is 357 g/mol. The second-order valence-electron chi connectivity index (χ2n) is 6.81. The Bertz CT molecular complexity index is 847. The number of hydrogen-bond donors (Lipinski definition) is 1. The van der Waals surface area contributed by atoms with Crippen molar-refractivity contribution in [2.75, 3.05) is 5.32 Å². The van der Waals surface area contributed by atoms with Crippen molar-refractivity contribution < 1.29 is 0 Å². The van der Waals surface area contributed by atoms with Gasteiger partial charge in [0, 0.05) is 11.3 Å². The van der Waals surface area contributed by atoms with Crippen LogP contribution in [0.15, 0.2) is 83.9 Å². The van der Waals surface area contributed by atoms with Crippen molar-refractivity contribution in [3.63, 3.8) is 0 Å². The van der Waals surface area contributed by atoms with Crippen LogP contribution in [0.1, 0.15) is 43.4 Å². The molecule has 0 saturated heterocycles. The van der Waals surface area contributed by atoms with E-state index in [1.54, 1.807) is 0 Å². The van der Waals surface area contributed by atoms with E-state index >= 15 is 0 Å². The zero-order valence-corrected chi connectivity index (χ0v) is 16.3. The van der Waals surface area contributed by atoms with Gasteiger partial charge in [-0.2, -0.15) is 0 Å². The Kier molecular flexibility index (Phi) is 6.81. The Morgan fingerprint density at radius 1 is 0.704 bits per heavy atom. The molecule has 27 heavy (non-hydrogen) atoms. The van der Waals surface area contributed by atoms with Gasteiger partial charge in [0.2, 0.25) is 0 Å². The normalized spacial score (nSPS) is 11.4. The second-order valence-corrected chi connectivity index (χ2v) is 6.81. The highest BCUT2D eigenvalue weighted by atomic mass is 15.0. The summed E-state index contributed by atoms with van der Waals surface area (Å²) in [7, 11) is 0. The molecule has 0 aliphatic carbocycles. The highest BCUT2D eigenvalue weighted by Gasteiger charge is 2.05. The van der Waals surface area contributed by atoms with Crippen LogP contribution >= 0.6 is 0 Å². The lowest BCUT2D eigenvalue weighted by molar-refractivity contribution is 0.922. The molecule has 0 saturated carbocycles. The Hall–Kier alpha value is -2.87. The number of nitrogens with zero attached hydrogens (tertiary/aromatic N) is 1. The molecule has 0 aliphatic rings. The van der Waals surface area contributed by atoms with Gasteiger partial charge >= 0.3 is 0 Å². The molecule has 0 aromatic heterocycles. The molecule has 1 N–H and O–H groups in total. The van der Waals surface area contributed by atoms with E-state index in [0.717, 1.165) is 48.5 Å². The lowest BCUT2D eigenvalue weighted by atomic mass is 10.1. The van der Waals surface area contributed by atoms with E-state index in [0.29, 0.717) is 0 Å². The summed E-state index contributed by atoms with van der Waals surface area (Å²) in [5.41, 5.74) is 5.82. The molecule has 0 radical (unpaired) electrons. The molecule has 138 valence electrons. The van der Waals surface area contributed by atoms with Gasteiger partial charge in [-0.05, 0) is 48.2 Å². The van der Waals surface area contributed by atoms with E-state index in [1.165, 1.54) is 11.1 Å². The summed E-state index contributed by atoms with van der Waals surface area (Å²) < 4.78 is 0. The minimum atomic E-state index is 0.863. The van der Waals surface area contributed by atoms with E-state index in [-0.39, 0.29) is 0 Å². The molecule has 0 spiro atoms. The molecular formula is C25H28N2. The molecule has 2 nitrogen and oxygen atoms in total. The number of benzene rings is 3. The number of rotatable bonds is 7. The van der Waals surface area contributed by atoms with E-state index in [9.17, 15) is 0 Å². The summed E-state index contributed by atoms with van der Waals surface area (Å²) in [6.45, 7) is 4.41. The van der Waals surface area contributed by atoms with Gasteiger partial charge in [0.05, 0.1) is 5.69 Å². The quantitative estimate of drug-likeness (QED) is 0.366. The minimum absolute atomic E-state index is 0.863. The summed E-state index contributed by atoms with van der Waals surface area (Å²) >= 11 is 0. The monoisotopic (exact) mass is 356 g/mol. The van der Waals surface area contributed by atoms with Crippen LogP contribution in [0.5, 0.6) is 0 Å². The zero-order valence-electron chi connectivity index (χ0n) is 16.3. The van der Waals surface area contributed by atoms with Gasteiger partial charge in [0.15, 0.2) is 0 Å². The molecule has 3 rings (SSSR count). The molecule has 0 aliphatic heterocycles. The summed E-state index contributed by atoms with van der Waals surface area (Å²) in [4.78, 5) is 4.89. The Balaban J connectivity index is 1.87. The van der Waals surface area contributed by atoms with Crippen LogP contribution in [0.3, 0.4) is 0 Å². The number of nitrogens with one attached hydrogen (secondary N) is 1. The van der Waals surface area contributed by atoms with Gasteiger partial charge in [0.25, 0.3) is 0 Å². The fourth-order valence-electron chi connectivity index (χ4n) is 3.10. The van der Waals surface area contributed by atoms with Crippen LogP contribution in [-0.2, 0) is 12.8 Å². The molecule has 0 unspecified atom stereocenters. The van der Waals surface area contributed by atoms with Crippen molar-refractivity contribution in [1.29, 1.82) is 0 Å². The topological polar surface area (TPSA) is 24.4 Å². The predicted molar refractivity (Wildman–Crippen MR) is 117 cm³/mol. The lowest BCUT2D eigenvalue weighted by Crippen LogP contribution is -2.13. The van der Waals surface area contributed by atoms with Crippen molar-refractivity contribution in [2.45, 2.75) is 39.5 Å². The maximum atomic E-state index is 4.89. The predicted octanol–water partition coefficient (Wildman–Crippen LogP) is 6.78. The summed E-state index contributed by atoms with van der Waals surface area (Å²) in [5.74, 6) is 0.863. The largest absolute Gasteiger partial charge is 0.340 e. The summed E-state index contributed by atoms with van der Waals surface area (Å²) in [5, 5.41) is 3.50. The maximum Gasteiger partial charge on any atom is 0.138 e. The van der Waals surface area contributed by atoms with Gasteiger partial charge in [-0.25, -0.2) is 4.99 Å². The first-order chi connectivity index (χ1) is 13.3. The van der Waals surface area contributed by atoms with E-state index in [2.05, 4.69) is 79.8 Å². The Morgan fingerprint density at radius 2 is 1.26 bits per heavy atom. The summed E-state index contributed by atoms with van der Waals surface area (Å²) in [6, 6.07) is 27.5. The van der Waals surface area contributed by atoms with Crippen LogP contribution in [0.4, 0.5) is 11.4 Å². The highest BCUT2D eigenvalue weighted by Crippen LogP contribution is 2.18. The number of hydrogen-bond acceptors (Lipinski definition) is 1. The third-order valence-electron chi connectivity index (χ3n) is 4.52. The maximum absolute atomic E-state index is 4.89. The minimum Gasteiger partial charge on any atom is -0.340 e. The van der Waals surface area contributed by atoms with Crippen LogP contribution in [0, 0.1) is 0 Å². The molecule has 3 aromatic rings. The fourth-order valence-corrected chi connectivity index (χ4v) is 3.10. The first kappa shape index (κ1) is 18.9. The SMILES string of the molecule is CCCc1ccc(N=C(Nc2ccc(CCC)cc2)c2ccccc2)cc1. The number of aryl methyl sites for hydroxylation is 2. The molecular weight excluding hydrogens is 328 g/mol. The third-order valence-corrected chi connectivity index (χ3v) is 4.52. The molecule has 0 bridgehead atoms. The van der Waals surface area contributed by atoms with Crippen LogP contribution in [0.2, 0.25) is 0 Å². The molecule has 0 atom stereocenters. The van der Waals surface area contributed by atoms with Crippen molar-refractivity contribution in [3.05, 3.63) is 95.6 Å². The molecule has 0 heterocycles. The third kappa shape index (κ3) is 5.55. The van der Waals surface area contributed by atoms with Crippen molar-refractivity contribution in [3.8, 4) is 0 Å². The van der Waals surface area contributed by atoms with Gasteiger partial charge in [-0.3, -0.25) is 0 Å². The van der Waals surface area contributed by atoms with Crippen molar-refractivity contribution in [2.24, 2.45) is 4.99 Å². The smallest absolute Gasteiger partial charge is 0.138 e. The lowest BCUT2D eigenvalue weighted by Gasteiger charge is -2.11. The van der Waals surface area contributed by atoms with Gasteiger partial charge in [0.1, 0.15) is 5.84 Å². The fraction of sp³-hybridized carbons (Fsp3) is 0.240. The van der Waals surface area contributed by atoms with E-state index in [4.69, 9.17) is 4.99 Å². The van der Waals surface area contributed by atoms with Crippen molar-refractivity contribution >= 4 is 17.2 Å². The first-order valence-electron chi connectivity index (χ1n) is 9.87. The van der Waals surface area contributed by atoms with E-state index < -0.39 is 0 Å².